The Morgan fingerprint density at radius 1 is 1.17 bits per heavy atom. The van der Waals surface area contributed by atoms with Gasteiger partial charge < -0.3 is 10.0 Å². The minimum Gasteiger partial charge on any atom is -0.481 e. The molecule has 3 heteroatoms. The first-order valence-electron chi connectivity index (χ1n) is 7.36. The van der Waals surface area contributed by atoms with E-state index in [1.54, 1.807) is 0 Å². The van der Waals surface area contributed by atoms with Crippen LogP contribution in [0.1, 0.15) is 38.5 Å². The summed E-state index contributed by atoms with van der Waals surface area (Å²) in [6.45, 7) is 0.710. The van der Waals surface area contributed by atoms with Gasteiger partial charge in [-0.3, -0.25) is 4.79 Å². The molecule has 0 aliphatic heterocycles. The highest BCUT2D eigenvalue weighted by Gasteiger charge is 2.55. The normalized spacial score (nSPS) is 43.4. The largest absolute Gasteiger partial charge is 0.481 e. The maximum Gasteiger partial charge on any atom is 0.308 e. The van der Waals surface area contributed by atoms with Gasteiger partial charge in [0.15, 0.2) is 0 Å². The third-order valence-electron chi connectivity index (χ3n) is 5.67. The van der Waals surface area contributed by atoms with Crippen LogP contribution in [-0.4, -0.2) is 36.6 Å². The van der Waals surface area contributed by atoms with E-state index >= 15 is 0 Å². The quantitative estimate of drug-likeness (QED) is 0.834. The van der Waals surface area contributed by atoms with Crippen LogP contribution in [0.2, 0.25) is 0 Å². The molecule has 0 spiro atoms. The Balaban J connectivity index is 1.86. The lowest BCUT2D eigenvalue weighted by Crippen LogP contribution is -2.53. The summed E-state index contributed by atoms with van der Waals surface area (Å²) < 4.78 is 0. The second kappa shape index (κ2) is 4.22. The number of aliphatic carboxylic acids is 1. The van der Waals surface area contributed by atoms with Crippen LogP contribution in [0.15, 0.2) is 0 Å². The molecule has 4 aliphatic rings. The van der Waals surface area contributed by atoms with Crippen molar-refractivity contribution < 1.29 is 9.90 Å². The van der Waals surface area contributed by atoms with E-state index in [0.717, 1.165) is 17.8 Å². The Kier molecular flexibility index (Phi) is 2.92. The number of nitrogens with zero attached hydrogens (tertiary/aromatic N) is 1. The minimum absolute atomic E-state index is 0.130. The lowest BCUT2D eigenvalue weighted by molar-refractivity contribution is -0.159. The van der Waals surface area contributed by atoms with Crippen molar-refractivity contribution in [1.82, 2.24) is 4.90 Å². The molecule has 0 aromatic heterocycles. The molecule has 1 unspecified atom stereocenters. The SMILES string of the molecule is CN(C)CC(C(=O)O)C12CC3CC(CC(C3)C1)C2. The summed E-state index contributed by atoms with van der Waals surface area (Å²) in [4.78, 5) is 13.8. The lowest BCUT2D eigenvalue weighted by Gasteiger charge is -2.59. The van der Waals surface area contributed by atoms with Gasteiger partial charge in [-0.05, 0) is 75.8 Å². The summed E-state index contributed by atoms with van der Waals surface area (Å²) in [7, 11) is 3.99. The summed E-state index contributed by atoms with van der Waals surface area (Å²) in [5, 5.41) is 9.66. The molecule has 0 amide bonds. The molecule has 4 rings (SSSR count). The predicted molar refractivity (Wildman–Crippen MR) is 70.3 cm³/mol. The molecule has 0 heterocycles. The van der Waals surface area contributed by atoms with Gasteiger partial charge in [0, 0.05) is 6.54 Å². The van der Waals surface area contributed by atoms with Crippen molar-refractivity contribution in [2.45, 2.75) is 38.5 Å². The topological polar surface area (TPSA) is 40.5 Å². The van der Waals surface area contributed by atoms with E-state index in [4.69, 9.17) is 0 Å². The molecule has 0 radical (unpaired) electrons. The lowest BCUT2D eigenvalue weighted by atomic mass is 9.46. The third-order valence-corrected chi connectivity index (χ3v) is 5.67. The molecule has 102 valence electrons. The van der Waals surface area contributed by atoms with Gasteiger partial charge in [-0.15, -0.1) is 0 Å². The highest BCUT2D eigenvalue weighted by Crippen LogP contribution is 2.62. The average molecular weight is 251 g/mol. The van der Waals surface area contributed by atoms with Crippen molar-refractivity contribution in [1.29, 1.82) is 0 Å². The van der Waals surface area contributed by atoms with Gasteiger partial charge in [-0.1, -0.05) is 0 Å². The maximum absolute atomic E-state index is 11.7. The molecular weight excluding hydrogens is 226 g/mol. The van der Waals surface area contributed by atoms with Crippen molar-refractivity contribution in [3.8, 4) is 0 Å². The van der Waals surface area contributed by atoms with E-state index in [1.165, 1.54) is 38.5 Å². The van der Waals surface area contributed by atoms with E-state index in [1.807, 2.05) is 14.1 Å². The fourth-order valence-electron chi connectivity index (χ4n) is 5.50. The van der Waals surface area contributed by atoms with Crippen molar-refractivity contribution in [3.05, 3.63) is 0 Å². The summed E-state index contributed by atoms with van der Waals surface area (Å²) in [5.74, 6) is 1.78. The maximum atomic E-state index is 11.7. The first-order chi connectivity index (χ1) is 8.48. The highest BCUT2D eigenvalue weighted by molar-refractivity contribution is 5.71. The van der Waals surface area contributed by atoms with Crippen LogP contribution >= 0.6 is 0 Å². The number of hydrogen-bond donors (Lipinski definition) is 1. The van der Waals surface area contributed by atoms with Crippen molar-refractivity contribution in [2.24, 2.45) is 29.1 Å². The van der Waals surface area contributed by atoms with Crippen LogP contribution in [0.4, 0.5) is 0 Å². The minimum atomic E-state index is -0.564. The second-order valence-electron chi connectivity index (χ2n) is 7.43. The zero-order valence-corrected chi connectivity index (χ0v) is 11.6. The van der Waals surface area contributed by atoms with Crippen LogP contribution in [0.3, 0.4) is 0 Å². The highest BCUT2D eigenvalue weighted by atomic mass is 16.4. The fraction of sp³-hybridized carbons (Fsp3) is 0.933. The Morgan fingerprint density at radius 3 is 1.94 bits per heavy atom. The van der Waals surface area contributed by atoms with Gasteiger partial charge >= 0.3 is 5.97 Å². The van der Waals surface area contributed by atoms with Crippen molar-refractivity contribution in [2.75, 3.05) is 20.6 Å². The standard InChI is InChI=1S/C15H25NO2/c1-16(2)9-13(14(17)18)15-6-10-3-11(7-15)5-12(4-10)8-15/h10-13H,3-9H2,1-2H3,(H,17,18). The van der Waals surface area contributed by atoms with Crippen LogP contribution in [0.25, 0.3) is 0 Å². The van der Waals surface area contributed by atoms with Crippen LogP contribution in [0, 0.1) is 29.1 Å². The van der Waals surface area contributed by atoms with Gasteiger partial charge in [-0.25, -0.2) is 0 Å². The van der Waals surface area contributed by atoms with E-state index in [-0.39, 0.29) is 11.3 Å². The number of hydrogen-bond acceptors (Lipinski definition) is 2. The Bertz CT molecular complexity index is 315. The molecule has 4 saturated carbocycles. The molecule has 4 fully saturated rings. The average Bonchev–Trinajstić information content (AvgIpc) is 2.23. The van der Waals surface area contributed by atoms with E-state index in [0.29, 0.717) is 6.54 Å². The van der Waals surface area contributed by atoms with Crippen molar-refractivity contribution >= 4 is 5.97 Å². The number of carboxylic acids is 1. The first kappa shape index (κ1) is 12.5. The van der Waals surface area contributed by atoms with E-state index in [9.17, 15) is 9.90 Å². The predicted octanol–water partition coefficient (Wildman–Crippen LogP) is 2.47. The van der Waals surface area contributed by atoms with E-state index < -0.39 is 5.97 Å². The molecule has 0 aromatic carbocycles. The van der Waals surface area contributed by atoms with Gasteiger partial charge in [0.25, 0.3) is 0 Å². The number of carbonyl (C=O) groups is 1. The summed E-state index contributed by atoms with van der Waals surface area (Å²) in [5.41, 5.74) is 0.130. The monoisotopic (exact) mass is 251 g/mol. The zero-order valence-electron chi connectivity index (χ0n) is 11.6. The number of carboxylic acid groups (broad SMARTS) is 1. The second-order valence-corrected chi connectivity index (χ2v) is 7.43. The van der Waals surface area contributed by atoms with Gasteiger partial charge in [0.1, 0.15) is 0 Å². The zero-order chi connectivity index (χ0) is 12.9. The molecule has 0 aromatic rings. The summed E-state index contributed by atoms with van der Waals surface area (Å²) in [6.07, 6.45) is 7.70. The van der Waals surface area contributed by atoms with Crippen LogP contribution in [-0.2, 0) is 4.79 Å². The first-order valence-corrected chi connectivity index (χ1v) is 7.36. The molecular formula is C15H25NO2. The molecule has 4 bridgehead atoms. The van der Waals surface area contributed by atoms with E-state index in [2.05, 4.69) is 4.90 Å². The molecule has 18 heavy (non-hydrogen) atoms. The molecule has 3 nitrogen and oxygen atoms in total. The smallest absolute Gasteiger partial charge is 0.308 e. The Morgan fingerprint density at radius 2 is 1.61 bits per heavy atom. The summed E-state index contributed by atoms with van der Waals surface area (Å²) in [6, 6.07) is 0. The van der Waals surface area contributed by atoms with Crippen molar-refractivity contribution in [3.63, 3.8) is 0 Å². The van der Waals surface area contributed by atoms with Crippen LogP contribution in [0.5, 0.6) is 0 Å². The van der Waals surface area contributed by atoms with Gasteiger partial charge in [0.05, 0.1) is 5.92 Å². The molecule has 1 atom stereocenters. The third kappa shape index (κ3) is 1.97. The van der Waals surface area contributed by atoms with Gasteiger partial charge in [0.2, 0.25) is 0 Å². The van der Waals surface area contributed by atoms with Gasteiger partial charge in [-0.2, -0.15) is 0 Å². The molecule has 1 N–H and O–H groups in total. The Hall–Kier alpha value is -0.570. The number of rotatable bonds is 4. The van der Waals surface area contributed by atoms with Crippen LogP contribution < -0.4 is 0 Å². The summed E-state index contributed by atoms with van der Waals surface area (Å²) >= 11 is 0. The molecule has 0 saturated heterocycles. The Labute approximate surface area is 110 Å². The fourth-order valence-corrected chi connectivity index (χ4v) is 5.50. The molecule has 4 aliphatic carbocycles.